The summed E-state index contributed by atoms with van der Waals surface area (Å²) in [6.45, 7) is 5.21. The van der Waals surface area contributed by atoms with Crippen LogP contribution in [0.5, 0.6) is 5.75 Å². The van der Waals surface area contributed by atoms with Crippen LogP contribution in [0.1, 0.15) is 42.3 Å². The first-order chi connectivity index (χ1) is 16.7. The first-order valence-corrected chi connectivity index (χ1v) is 11.8. The Kier molecular flexibility index (Phi) is 6.09. The average Bonchev–Trinajstić information content (AvgIpc) is 3.30. The maximum atomic E-state index is 13.8. The molecule has 0 radical (unpaired) electrons. The van der Waals surface area contributed by atoms with Crippen molar-refractivity contribution in [1.82, 2.24) is 9.47 Å². The lowest BCUT2D eigenvalue weighted by molar-refractivity contribution is 0.194. The van der Waals surface area contributed by atoms with Crippen LogP contribution in [-0.2, 0) is 13.0 Å². The second kappa shape index (κ2) is 9.48. The van der Waals surface area contributed by atoms with Crippen molar-refractivity contribution in [3.05, 3.63) is 114 Å². The minimum atomic E-state index is -0.256. The summed E-state index contributed by atoms with van der Waals surface area (Å²) < 4.78 is 7.85. The number of hydrogen-bond donors (Lipinski definition) is 1. The van der Waals surface area contributed by atoms with Crippen LogP contribution in [0.3, 0.4) is 0 Å². The van der Waals surface area contributed by atoms with Gasteiger partial charge in [-0.3, -0.25) is 0 Å². The van der Waals surface area contributed by atoms with E-state index in [1.807, 2.05) is 54.3 Å². The molecule has 1 unspecified atom stereocenters. The maximum Gasteiger partial charge on any atom is 0.322 e. The van der Waals surface area contributed by atoms with Gasteiger partial charge in [-0.05, 0) is 72.5 Å². The number of urea groups is 1. The van der Waals surface area contributed by atoms with Crippen LogP contribution in [0.15, 0.2) is 91.1 Å². The Morgan fingerprint density at radius 1 is 0.941 bits per heavy atom. The molecule has 0 aliphatic carbocycles. The monoisotopic (exact) mass is 451 g/mol. The van der Waals surface area contributed by atoms with Gasteiger partial charge in [0.1, 0.15) is 5.75 Å². The van der Waals surface area contributed by atoms with E-state index in [4.69, 9.17) is 4.74 Å². The minimum Gasteiger partial charge on any atom is -0.494 e. The molecule has 0 bridgehead atoms. The summed E-state index contributed by atoms with van der Waals surface area (Å²) in [7, 11) is 0. The Morgan fingerprint density at radius 2 is 1.71 bits per heavy atom. The second-order valence-corrected chi connectivity index (χ2v) is 8.44. The van der Waals surface area contributed by atoms with Gasteiger partial charge < -0.3 is 19.5 Å². The number of hydrogen-bond acceptors (Lipinski definition) is 2. The Balaban J connectivity index is 1.57. The number of carbonyl (C=O) groups excluding carboxylic acids is 1. The van der Waals surface area contributed by atoms with Gasteiger partial charge in [-0.1, -0.05) is 49.4 Å². The maximum absolute atomic E-state index is 13.8. The zero-order valence-electron chi connectivity index (χ0n) is 19.6. The number of aryl methyl sites for hydroxylation is 1. The van der Waals surface area contributed by atoms with E-state index in [9.17, 15) is 4.79 Å². The third-order valence-corrected chi connectivity index (χ3v) is 6.35. The summed E-state index contributed by atoms with van der Waals surface area (Å²) in [4.78, 5) is 15.7. The molecule has 0 spiro atoms. The van der Waals surface area contributed by atoms with Crippen molar-refractivity contribution >= 4 is 11.7 Å². The molecule has 1 aliphatic rings. The van der Waals surface area contributed by atoms with Crippen LogP contribution in [0.4, 0.5) is 10.5 Å². The summed E-state index contributed by atoms with van der Waals surface area (Å²) in [6.07, 6.45) is 3.04. The molecule has 3 aromatic carbocycles. The van der Waals surface area contributed by atoms with Crippen molar-refractivity contribution in [2.24, 2.45) is 0 Å². The molecule has 1 aromatic heterocycles. The first kappa shape index (κ1) is 21.8. The van der Waals surface area contributed by atoms with E-state index in [2.05, 4.69) is 65.5 Å². The van der Waals surface area contributed by atoms with Gasteiger partial charge in [-0.2, -0.15) is 0 Å². The van der Waals surface area contributed by atoms with Crippen molar-refractivity contribution < 1.29 is 9.53 Å². The average molecular weight is 452 g/mol. The molecule has 5 rings (SSSR count). The number of benzene rings is 3. The van der Waals surface area contributed by atoms with E-state index in [0.29, 0.717) is 13.2 Å². The lowest BCUT2D eigenvalue weighted by atomic mass is 10.0. The fourth-order valence-corrected chi connectivity index (χ4v) is 4.62. The number of amides is 2. The number of aromatic nitrogens is 1. The quantitative estimate of drug-likeness (QED) is 0.373. The fourth-order valence-electron chi connectivity index (χ4n) is 4.62. The molecule has 5 nitrogen and oxygen atoms in total. The van der Waals surface area contributed by atoms with Crippen molar-refractivity contribution in [3.63, 3.8) is 0 Å². The van der Waals surface area contributed by atoms with Gasteiger partial charge in [0.2, 0.25) is 0 Å². The summed E-state index contributed by atoms with van der Waals surface area (Å²) in [5, 5.41) is 3.13. The third-order valence-electron chi connectivity index (χ3n) is 6.35. The molecule has 1 atom stereocenters. The van der Waals surface area contributed by atoms with E-state index in [0.717, 1.165) is 40.4 Å². The molecule has 0 saturated carbocycles. The highest BCUT2D eigenvalue weighted by molar-refractivity contribution is 5.90. The van der Waals surface area contributed by atoms with Crippen molar-refractivity contribution in [2.75, 3.05) is 11.9 Å². The van der Waals surface area contributed by atoms with Crippen molar-refractivity contribution in [3.8, 4) is 11.4 Å². The normalized spacial score (nSPS) is 14.6. The van der Waals surface area contributed by atoms with Crippen LogP contribution in [0.2, 0.25) is 0 Å². The van der Waals surface area contributed by atoms with Crippen molar-refractivity contribution in [1.29, 1.82) is 0 Å². The first-order valence-electron chi connectivity index (χ1n) is 11.8. The molecule has 1 N–H and O–H groups in total. The van der Waals surface area contributed by atoms with Crippen molar-refractivity contribution in [2.45, 2.75) is 32.9 Å². The Hall–Kier alpha value is -3.99. The zero-order valence-corrected chi connectivity index (χ0v) is 19.6. The van der Waals surface area contributed by atoms with Crippen LogP contribution in [0.25, 0.3) is 5.69 Å². The van der Waals surface area contributed by atoms with Gasteiger partial charge in [0.25, 0.3) is 0 Å². The van der Waals surface area contributed by atoms with E-state index in [-0.39, 0.29) is 12.1 Å². The highest BCUT2D eigenvalue weighted by Crippen LogP contribution is 2.37. The number of fused-ring (bicyclic) bond motifs is 3. The summed E-state index contributed by atoms with van der Waals surface area (Å²) >= 11 is 0. The molecule has 0 saturated heterocycles. The molecular weight excluding hydrogens is 422 g/mol. The molecule has 0 fully saturated rings. The van der Waals surface area contributed by atoms with E-state index in [1.165, 1.54) is 5.56 Å². The zero-order chi connectivity index (χ0) is 23.5. The van der Waals surface area contributed by atoms with Gasteiger partial charge >= 0.3 is 6.03 Å². The van der Waals surface area contributed by atoms with E-state index < -0.39 is 0 Å². The highest BCUT2D eigenvalue weighted by Gasteiger charge is 2.33. The predicted molar refractivity (Wildman–Crippen MR) is 136 cm³/mol. The number of ether oxygens (including phenoxy) is 1. The van der Waals surface area contributed by atoms with E-state index in [1.54, 1.807) is 0 Å². The Bertz CT molecular complexity index is 1280. The van der Waals surface area contributed by atoms with Gasteiger partial charge in [0.05, 0.1) is 24.9 Å². The van der Waals surface area contributed by atoms with Crippen LogP contribution < -0.4 is 10.1 Å². The van der Waals surface area contributed by atoms with Gasteiger partial charge in [0, 0.05) is 17.6 Å². The predicted octanol–water partition coefficient (Wildman–Crippen LogP) is 6.58. The number of rotatable bonds is 5. The van der Waals surface area contributed by atoms with Crippen LogP contribution >= 0.6 is 0 Å². The lowest BCUT2D eigenvalue weighted by Gasteiger charge is -2.31. The number of anilines is 1. The smallest absolute Gasteiger partial charge is 0.322 e. The highest BCUT2D eigenvalue weighted by atomic mass is 16.5. The molecule has 34 heavy (non-hydrogen) atoms. The Labute approximate surface area is 200 Å². The molecular formula is C29H29N3O2. The number of nitrogens with zero attached hydrogens (tertiary/aromatic N) is 2. The molecule has 4 aromatic rings. The summed E-state index contributed by atoms with van der Waals surface area (Å²) in [6, 6.07) is 28.1. The fraction of sp³-hybridized carbons (Fsp3) is 0.207. The second-order valence-electron chi connectivity index (χ2n) is 8.44. The van der Waals surface area contributed by atoms with Crippen LogP contribution in [-0.4, -0.2) is 22.1 Å². The largest absolute Gasteiger partial charge is 0.494 e. The Morgan fingerprint density at radius 3 is 2.44 bits per heavy atom. The third kappa shape index (κ3) is 4.17. The number of carbonyl (C=O) groups is 1. The molecule has 2 heterocycles. The van der Waals surface area contributed by atoms with Gasteiger partial charge in [0.15, 0.2) is 0 Å². The molecule has 2 amide bonds. The molecule has 172 valence electrons. The summed E-state index contributed by atoms with van der Waals surface area (Å²) in [5.74, 6) is 0.825. The topological polar surface area (TPSA) is 46.5 Å². The molecule has 1 aliphatic heterocycles. The standard InChI is InChI=1S/C29H29N3O2/c1-3-21-11-15-24(16-12-21)30-29(33)32-20-23-8-5-6-9-26(23)31-19-7-10-27(31)28(32)22-13-17-25(18-14-22)34-4-2/h5-19,28H,3-4,20H2,1-2H3,(H,30,33). The van der Waals surface area contributed by atoms with E-state index >= 15 is 0 Å². The van der Waals surface area contributed by atoms with Crippen LogP contribution in [0, 0.1) is 0 Å². The SMILES string of the molecule is CCOc1ccc(C2c3cccn3-c3ccccc3CN2C(=O)Nc2ccc(CC)cc2)cc1. The van der Waals surface area contributed by atoms with Gasteiger partial charge in [-0.15, -0.1) is 0 Å². The minimum absolute atomic E-state index is 0.132. The van der Waals surface area contributed by atoms with Gasteiger partial charge in [-0.25, -0.2) is 4.79 Å². The molecule has 5 heteroatoms. The number of nitrogens with one attached hydrogen (secondary N) is 1. The summed E-state index contributed by atoms with van der Waals surface area (Å²) in [5.41, 5.74) is 6.32. The number of para-hydroxylation sites is 1. The lowest BCUT2D eigenvalue weighted by Crippen LogP contribution is -2.37.